The maximum atomic E-state index is 12.8. The smallest absolute Gasteiger partial charge is 0.207 e. The Hall–Kier alpha value is 0.150. The van der Waals surface area contributed by atoms with Crippen LogP contribution in [0.2, 0.25) is 0 Å². The predicted molar refractivity (Wildman–Crippen MR) is 90.9 cm³/mol. The van der Waals surface area contributed by atoms with E-state index in [0.717, 1.165) is 12.0 Å². The third-order valence-electron chi connectivity index (χ3n) is 3.63. The number of halogens is 2. The van der Waals surface area contributed by atoms with Gasteiger partial charge in [0, 0.05) is 6.54 Å². The predicted octanol–water partition coefficient (Wildman–Crippen LogP) is 3.78. The van der Waals surface area contributed by atoms with E-state index in [1.807, 2.05) is 19.1 Å². The Morgan fingerprint density at radius 3 is 2.40 bits per heavy atom. The molecule has 0 aliphatic carbocycles. The van der Waals surface area contributed by atoms with Crippen molar-refractivity contribution in [2.75, 3.05) is 6.54 Å². The highest BCUT2D eigenvalue weighted by atomic mass is 127. The summed E-state index contributed by atoms with van der Waals surface area (Å²) in [4.78, 5) is 0.347. The molecule has 0 aromatic heterocycles. The number of aryl methyl sites for hydroxylation is 1. The summed E-state index contributed by atoms with van der Waals surface area (Å²) in [6.45, 7) is 6.62. The summed E-state index contributed by atoms with van der Waals surface area (Å²) in [6, 6.07) is 6.84. The first-order valence-electron chi connectivity index (χ1n) is 6.50. The van der Waals surface area contributed by atoms with Crippen LogP contribution < -0.4 is 0 Å². The van der Waals surface area contributed by atoms with E-state index < -0.39 is 10.0 Å². The van der Waals surface area contributed by atoms with Crippen molar-refractivity contribution in [2.24, 2.45) is 5.41 Å². The Labute approximate surface area is 139 Å². The molecule has 0 bridgehead atoms. The van der Waals surface area contributed by atoms with Gasteiger partial charge in [-0.2, -0.15) is 4.31 Å². The molecular weight excluding hydrogens is 409 g/mol. The number of sulfonamides is 1. The number of hydrogen-bond acceptors (Lipinski definition) is 2. The average Bonchev–Trinajstić information content (AvgIpc) is 2.67. The van der Waals surface area contributed by atoms with E-state index in [4.69, 9.17) is 11.6 Å². The molecule has 2 rings (SSSR count). The maximum absolute atomic E-state index is 12.8. The quantitative estimate of drug-likeness (QED) is 0.544. The molecule has 1 saturated heterocycles. The zero-order valence-electron chi connectivity index (χ0n) is 11.8. The van der Waals surface area contributed by atoms with Gasteiger partial charge in [0.2, 0.25) is 10.0 Å². The fourth-order valence-corrected chi connectivity index (χ4v) is 5.57. The van der Waals surface area contributed by atoms with Crippen molar-refractivity contribution in [3.05, 3.63) is 29.8 Å². The Morgan fingerprint density at radius 2 is 1.90 bits per heavy atom. The Balaban J connectivity index is 2.40. The standard InChI is InChI=1S/C14H19ClINO2S/c1-10-4-6-11(7-5-10)20(18,19)17-9-14(2,3)8-12(17)13(15)16/h4-7,12-13H,8-9H2,1-3H3. The normalized spacial score (nSPS) is 24.8. The second-order valence-corrected chi connectivity index (χ2v) is 10.6. The van der Waals surface area contributed by atoms with E-state index in [1.165, 1.54) is 0 Å². The highest BCUT2D eigenvalue weighted by Crippen LogP contribution is 2.41. The lowest BCUT2D eigenvalue weighted by atomic mass is 9.91. The molecular formula is C14H19ClINO2S. The van der Waals surface area contributed by atoms with Gasteiger partial charge < -0.3 is 0 Å². The van der Waals surface area contributed by atoms with Crippen molar-refractivity contribution in [2.45, 2.75) is 41.5 Å². The molecule has 0 saturated carbocycles. The van der Waals surface area contributed by atoms with Gasteiger partial charge in [-0.05, 0) is 30.9 Å². The van der Waals surface area contributed by atoms with Crippen LogP contribution in [0.15, 0.2) is 29.2 Å². The molecule has 6 heteroatoms. The van der Waals surface area contributed by atoms with Gasteiger partial charge >= 0.3 is 0 Å². The van der Waals surface area contributed by atoms with E-state index in [-0.39, 0.29) is 14.8 Å². The average molecular weight is 428 g/mol. The number of hydrogen-bond donors (Lipinski definition) is 0. The van der Waals surface area contributed by atoms with E-state index in [2.05, 4.69) is 36.4 Å². The van der Waals surface area contributed by atoms with E-state index in [9.17, 15) is 8.42 Å². The van der Waals surface area contributed by atoms with Gasteiger partial charge in [0.05, 0.1) is 10.9 Å². The van der Waals surface area contributed by atoms with Gasteiger partial charge in [0.15, 0.2) is 0 Å². The topological polar surface area (TPSA) is 37.4 Å². The summed E-state index contributed by atoms with van der Waals surface area (Å²) in [5.41, 5.74) is 1.01. The van der Waals surface area contributed by atoms with Crippen LogP contribution in [0.3, 0.4) is 0 Å². The molecule has 1 aliphatic heterocycles. The minimum absolute atomic E-state index is 0.0409. The zero-order valence-corrected chi connectivity index (χ0v) is 15.5. The van der Waals surface area contributed by atoms with Crippen LogP contribution in [0.25, 0.3) is 0 Å². The minimum atomic E-state index is -3.48. The van der Waals surface area contributed by atoms with Crippen molar-refractivity contribution in [3.63, 3.8) is 0 Å². The van der Waals surface area contributed by atoms with Crippen molar-refractivity contribution in [1.29, 1.82) is 0 Å². The first-order valence-corrected chi connectivity index (χ1v) is 9.62. The van der Waals surface area contributed by atoms with Gasteiger partial charge in [0.25, 0.3) is 0 Å². The molecule has 1 fully saturated rings. The lowest BCUT2D eigenvalue weighted by Crippen LogP contribution is -2.39. The number of rotatable bonds is 3. The van der Waals surface area contributed by atoms with E-state index in [0.29, 0.717) is 11.4 Å². The first kappa shape index (κ1) is 16.5. The molecule has 1 aromatic carbocycles. The summed E-state index contributed by atoms with van der Waals surface area (Å²) < 4.78 is 27.0. The monoisotopic (exact) mass is 427 g/mol. The molecule has 3 nitrogen and oxygen atoms in total. The third kappa shape index (κ3) is 3.31. The Morgan fingerprint density at radius 1 is 1.35 bits per heavy atom. The fraction of sp³-hybridized carbons (Fsp3) is 0.571. The Bertz CT molecular complexity index is 584. The highest BCUT2D eigenvalue weighted by Gasteiger charge is 2.46. The van der Waals surface area contributed by atoms with Crippen LogP contribution in [-0.2, 0) is 10.0 Å². The minimum Gasteiger partial charge on any atom is -0.207 e. The number of benzene rings is 1. The maximum Gasteiger partial charge on any atom is 0.243 e. The van der Waals surface area contributed by atoms with Crippen LogP contribution >= 0.6 is 34.2 Å². The third-order valence-corrected chi connectivity index (χ3v) is 6.64. The lowest BCUT2D eigenvalue weighted by Gasteiger charge is -2.25. The highest BCUT2D eigenvalue weighted by molar-refractivity contribution is 14.1. The molecule has 0 radical (unpaired) electrons. The van der Waals surface area contributed by atoms with Crippen LogP contribution in [0.4, 0.5) is 0 Å². The van der Waals surface area contributed by atoms with Crippen LogP contribution in [0.1, 0.15) is 25.8 Å². The molecule has 0 spiro atoms. The second kappa shape index (κ2) is 5.74. The van der Waals surface area contributed by atoms with Crippen molar-refractivity contribution < 1.29 is 8.42 Å². The van der Waals surface area contributed by atoms with Gasteiger partial charge in [-0.3, -0.25) is 0 Å². The van der Waals surface area contributed by atoms with Crippen LogP contribution in [-0.4, -0.2) is 28.7 Å². The lowest BCUT2D eigenvalue weighted by molar-refractivity contribution is 0.370. The van der Waals surface area contributed by atoms with Gasteiger partial charge in [-0.15, -0.1) is 11.6 Å². The number of nitrogens with zero attached hydrogens (tertiary/aromatic N) is 1. The molecule has 1 aliphatic rings. The van der Waals surface area contributed by atoms with E-state index in [1.54, 1.807) is 16.4 Å². The Kier molecular flexibility index (Phi) is 4.74. The molecule has 112 valence electrons. The van der Waals surface area contributed by atoms with Gasteiger partial charge in [-0.25, -0.2) is 8.42 Å². The molecule has 2 atom stereocenters. The molecule has 0 N–H and O–H groups in total. The van der Waals surface area contributed by atoms with E-state index >= 15 is 0 Å². The zero-order chi connectivity index (χ0) is 15.1. The largest absolute Gasteiger partial charge is 0.243 e. The number of alkyl halides is 2. The summed E-state index contributed by atoms with van der Waals surface area (Å²) in [7, 11) is -3.48. The van der Waals surface area contributed by atoms with Crippen LogP contribution in [0.5, 0.6) is 0 Å². The SMILES string of the molecule is Cc1ccc(S(=O)(=O)N2CC(C)(C)CC2C(Cl)I)cc1. The molecule has 20 heavy (non-hydrogen) atoms. The molecule has 0 amide bonds. The summed E-state index contributed by atoms with van der Waals surface area (Å²) in [5.74, 6) is 0. The second-order valence-electron chi connectivity index (χ2n) is 6.13. The van der Waals surface area contributed by atoms with Gasteiger partial charge in [0.1, 0.15) is 3.38 Å². The molecule has 2 unspecified atom stereocenters. The first-order chi connectivity index (χ1) is 9.13. The molecule has 1 heterocycles. The van der Waals surface area contributed by atoms with Gasteiger partial charge in [-0.1, -0.05) is 54.1 Å². The van der Waals surface area contributed by atoms with Crippen molar-refractivity contribution >= 4 is 44.2 Å². The summed E-state index contributed by atoms with van der Waals surface area (Å²) in [6.07, 6.45) is 0.787. The van der Waals surface area contributed by atoms with Crippen molar-refractivity contribution in [1.82, 2.24) is 4.31 Å². The molecule has 1 aromatic rings. The van der Waals surface area contributed by atoms with Crippen molar-refractivity contribution in [3.8, 4) is 0 Å². The van der Waals surface area contributed by atoms with Crippen LogP contribution in [0, 0.1) is 12.3 Å². The summed E-state index contributed by atoms with van der Waals surface area (Å²) in [5, 5.41) is 0. The fourth-order valence-electron chi connectivity index (χ4n) is 2.60. The summed E-state index contributed by atoms with van der Waals surface area (Å²) >= 11 is 8.31.